The number of rotatable bonds is 7. The molecule has 0 atom stereocenters. The van der Waals surface area contributed by atoms with Crippen LogP contribution >= 0.6 is 0 Å². The number of para-hydroxylation sites is 1. The second kappa shape index (κ2) is 12.0. The first kappa shape index (κ1) is 30.0. The number of amides is 1. The Morgan fingerprint density at radius 3 is 2.21 bits per heavy atom. The lowest BCUT2D eigenvalue weighted by Gasteiger charge is -2.36. The van der Waals surface area contributed by atoms with Crippen LogP contribution in [-0.4, -0.2) is 58.7 Å². The molecule has 0 radical (unpaired) electrons. The molecule has 1 aliphatic heterocycles. The Morgan fingerprint density at radius 1 is 0.907 bits per heavy atom. The molecule has 0 saturated carbocycles. The van der Waals surface area contributed by atoms with Gasteiger partial charge in [-0.25, -0.2) is 14.2 Å². The van der Waals surface area contributed by atoms with Crippen LogP contribution in [0.2, 0.25) is 0 Å². The zero-order chi connectivity index (χ0) is 30.8. The van der Waals surface area contributed by atoms with E-state index in [1.54, 1.807) is 43.9 Å². The molecular formula is C31H32F4N4O4. The Kier molecular flexibility index (Phi) is 8.38. The molecule has 0 N–H and O–H groups in total. The van der Waals surface area contributed by atoms with E-state index in [2.05, 4.69) is 9.72 Å². The minimum atomic E-state index is -4.79. The molecule has 1 fully saturated rings. The summed E-state index contributed by atoms with van der Waals surface area (Å²) in [5.74, 6) is 0.367. The highest BCUT2D eigenvalue weighted by Crippen LogP contribution is 2.30. The van der Waals surface area contributed by atoms with Gasteiger partial charge in [-0.2, -0.15) is 0 Å². The Labute approximate surface area is 246 Å². The molecule has 0 unspecified atom stereocenters. The second-order valence-electron chi connectivity index (χ2n) is 11.2. The zero-order valence-corrected chi connectivity index (χ0v) is 24.0. The number of piperazine rings is 1. The quantitative estimate of drug-likeness (QED) is 0.219. The second-order valence-corrected chi connectivity index (χ2v) is 11.2. The average Bonchev–Trinajstić information content (AvgIpc) is 3.27. The third-order valence-electron chi connectivity index (χ3n) is 6.78. The van der Waals surface area contributed by atoms with Crippen molar-refractivity contribution in [1.29, 1.82) is 0 Å². The van der Waals surface area contributed by atoms with Gasteiger partial charge in [-0.15, -0.1) is 13.2 Å². The topological polar surface area (TPSA) is 69.1 Å². The summed E-state index contributed by atoms with van der Waals surface area (Å²) in [6, 6.07) is 17.8. The van der Waals surface area contributed by atoms with Crippen LogP contribution in [-0.2, 0) is 17.9 Å². The van der Waals surface area contributed by atoms with Crippen molar-refractivity contribution in [2.75, 3.05) is 31.1 Å². The fourth-order valence-corrected chi connectivity index (χ4v) is 4.81. The van der Waals surface area contributed by atoms with E-state index in [9.17, 15) is 18.0 Å². The molecule has 1 amide bonds. The standard InChI is InChI=1S/C31H32F4N4O4/c1-30(2,3)43-29(40)38-15-13-37(14-16-38)26-18-27-25(17-24(26)32)36-28(20-41-22-7-5-4-6-8-22)39(27)19-21-9-11-23(12-10-21)42-31(33,34)35/h4-12,17-18H,13-16,19-20H2,1-3H3. The van der Waals surface area contributed by atoms with Crippen LogP contribution in [0.3, 0.4) is 0 Å². The van der Waals surface area contributed by atoms with Crippen molar-refractivity contribution in [2.24, 2.45) is 0 Å². The normalized spacial score (nSPS) is 14.2. The van der Waals surface area contributed by atoms with E-state index < -0.39 is 23.9 Å². The number of alkyl halides is 3. The van der Waals surface area contributed by atoms with Gasteiger partial charge in [0.2, 0.25) is 0 Å². The molecule has 0 spiro atoms. The highest BCUT2D eigenvalue weighted by atomic mass is 19.4. The lowest BCUT2D eigenvalue weighted by atomic mass is 10.2. The number of halogens is 4. The number of benzene rings is 3. The van der Waals surface area contributed by atoms with Crippen LogP contribution in [0.25, 0.3) is 11.0 Å². The summed E-state index contributed by atoms with van der Waals surface area (Å²) in [4.78, 5) is 20.6. The molecule has 1 aromatic heterocycles. The van der Waals surface area contributed by atoms with Crippen molar-refractivity contribution in [3.63, 3.8) is 0 Å². The molecule has 8 nitrogen and oxygen atoms in total. The van der Waals surface area contributed by atoms with Crippen molar-refractivity contribution in [2.45, 2.75) is 45.9 Å². The Morgan fingerprint density at radius 2 is 1.58 bits per heavy atom. The SMILES string of the molecule is CC(C)(C)OC(=O)N1CCN(c2cc3c(cc2F)nc(COc2ccccc2)n3Cc2ccc(OC(F)(F)F)cc2)CC1. The molecule has 12 heteroatoms. The lowest BCUT2D eigenvalue weighted by Crippen LogP contribution is -2.50. The molecule has 2 heterocycles. The molecule has 4 aromatic rings. The number of aromatic nitrogens is 2. The van der Waals surface area contributed by atoms with Crippen LogP contribution < -0.4 is 14.4 Å². The summed E-state index contributed by atoms with van der Waals surface area (Å²) >= 11 is 0. The van der Waals surface area contributed by atoms with E-state index in [0.717, 1.165) is 0 Å². The van der Waals surface area contributed by atoms with E-state index >= 15 is 4.39 Å². The van der Waals surface area contributed by atoms with Crippen molar-refractivity contribution >= 4 is 22.8 Å². The number of carbonyl (C=O) groups is 1. The summed E-state index contributed by atoms with van der Waals surface area (Å²) in [5.41, 5.74) is 1.48. The number of carbonyl (C=O) groups excluding carboxylic acids is 1. The fourth-order valence-electron chi connectivity index (χ4n) is 4.81. The first-order chi connectivity index (χ1) is 20.3. The molecule has 228 valence electrons. The summed E-state index contributed by atoms with van der Waals surface area (Å²) in [6.07, 6.45) is -5.20. The first-order valence-corrected chi connectivity index (χ1v) is 13.8. The van der Waals surface area contributed by atoms with Gasteiger partial charge >= 0.3 is 12.5 Å². The number of hydrogen-bond acceptors (Lipinski definition) is 6. The smallest absolute Gasteiger partial charge is 0.486 e. The minimum absolute atomic E-state index is 0.0828. The number of ether oxygens (including phenoxy) is 3. The predicted molar refractivity (Wildman–Crippen MR) is 153 cm³/mol. The average molecular weight is 601 g/mol. The van der Waals surface area contributed by atoms with E-state index in [4.69, 9.17) is 9.47 Å². The number of hydrogen-bond donors (Lipinski definition) is 0. The first-order valence-electron chi connectivity index (χ1n) is 13.8. The van der Waals surface area contributed by atoms with Crippen LogP contribution in [0, 0.1) is 5.82 Å². The van der Waals surface area contributed by atoms with Gasteiger partial charge in [-0.3, -0.25) is 0 Å². The van der Waals surface area contributed by atoms with Gasteiger partial charge in [0.15, 0.2) is 0 Å². The Bertz CT molecular complexity index is 1560. The van der Waals surface area contributed by atoms with Gasteiger partial charge in [-0.05, 0) is 56.7 Å². The maximum Gasteiger partial charge on any atom is 0.573 e. The van der Waals surface area contributed by atoms with Crippen molar-refractivity contribution < 1.29 is 36.6 Å². The van der Waals surface area contributed by atoms with E-state index in [0.29, 0.717) is 60.0 Å². The summed E-state index contributed by atoms with van der Waals surface area (Å²) in [7, 11) is 0. The number of fused-ring (bicyclic) bond motifs is 1. The molecule has 43 heavy (non-hydrogen) atoms. The van der Waals surface area contributed by atoms with E-state index in [1.807, 2.05) is 27.7 Å². The van der Waals surface area contributed by atoms with E-state index in [1.165, 1.54) is 30.3 Å². The van der Waals surface area contributed by atoms with Gasteiger partial charge in [0.05, 0.1) is 16.7 Å². The highest BCUT2D eigenvalue weighted by Gasteiger charge is 2.31. The van der Waals surface area contributed by atoms with Gasteiger partial charge in [0.1, 0.15) is 35.3 Å². The monoisotopic (exact) mass is 600 g/mol. The molecule has 1 aliphatic rings. The number of imidazole rings is 1. The number of anilines is 1. The van der Waals surface area contributed by atoms with Crippen LogP contribution in [0.5, 0.6) is 11.5 Å². The van der Waals surface area contributed by atoms with E-state index in [-0.39, 0.29) is 18.9 Å². The maximum atomic E-state index is 15.4. The summed E-state index contributed by atoms with van der Waals surface area (Å²) < 4.78 is 70.6. The Balaban J connectivity index is 1.42. The minimum Gasteiger partial charge on any atom is -0.486 e. The zero-order valence-electron chi connectivity index (χ0n) is 24.0. The van der Waals surface area contributed by atoms with Crippen molar-refractivity contribution in [3.8, 4) is 11.5 Å². The van der Waals surface area contributed by atoms with Gasteiger partial charge < -0.3 is 28.6 Å². The predicted octanol–water partition coefficient (Wildman–Crippen LogP) is 6.76. The molecule has 5 rings (SSSR count). The highest BCUT2D eigenvalue weighted by molar-refractivity contribution is 5.81. The third kappa shape index (κ3) is 7.68. The molecule has 0 aliphatic carbocycles. The van der Waals surface area contributed by atoms with Gasteiger partial charge in [0.25, 0.3) is 0 Å². The van der Waals surface area contributed by atoms with Gasteiger partial charge in [0, 0.05) is 38.8 Å². The van der Waals surface area contributed by atoms with Gasteiger partial charge in [-0.1, -0.05) is 30.3 Å². The maximum absolute atomic E-state index is 15.4. The molecular weight excluding hydrogens is 568 g/mol. The lowest BCUT2D eigenvalue weighted by molar-refractivity contribution is -0.274. The third-order valence-corrected chi connectivity index (χ3v) is 6.78. The van der Waals surface area contributed by atoms with Crippen molar-refractivity contribution in [3.05, 3.63) is 83.9 Å². The number of nitrogens with zero attached hydrogens (tertiary/aromatic N) is 4. The summed E-state index contributed by atoms with van der Waals surface area (Å²) in [6.45, 7) is 7.28. The Hall–Kier alpha value is -4.48. The molecule has 0 bridgehead atoms. The van der Waals surface area contributed by atoms with Crippen molar-refractivity contribution in [1.82, 2.24) is 14.5 Å². The summed E-state index contributed by atoms with van der Waals surface area (Å²) in [5, 5.41) is 0. The molecule has 1 saturated heterocycles. The van der Waals surface area contributed by atoms with Crippen LogP contribution in [0.15, 0.2) is 66.7 Å². The fraction of sp³-hybridized carbons (Fsp3) is 0.355. The molecule has 3 aromatic carbocycles. The van der Waals surface area contributed by atoms with Crippen LogP contribution in [0.1, 0.15) is 32.2 Å². The largest absolute Gasteiger partial charge is 0.573 e. The van der Waals surface area contributed by atoms with Crippen LogP contribution in [0.4, 0.5) is 28.0 Å².